The Kier molecular flexibility index (Phi) is 3.99. The highest BCUT2D eigenvalue weighted by Gasteiger charge is 2.31. The molecule has 1 amide bonds. The van der Waals surface area contributed by atoms with Crippen LogP contribution in [-0.2, 0) is 12.7 Å². The maximum absolute atomic E-state index is 12.6. The molecule has 0 aliphatic carbocycles. The van der Waals surface area contributed by atoms with Crippen molar-refractivity contribution in [2.45, 2.75) is 12.7 Å². The van der Waals surface area contributed by atoms with E-state index in [2.05, 4.69) is 15.5 Å². The number of carbonyl (C=O) groups is 1. The summed E-state index contributed by atoms with van der Waals surface area (Å²) in [7, 11) is 0. The number of aromatic nitrogens is 2. The van der Waals surface area contributed by atoms with E-state index in [0.29, 0.717) is 5.69 Å². The Morgan fingerprint density at radius 1 is 1.35 bits per heavy atom. The molecule has 1 heterocycles. The lowest BCUT2D eigenvalue weighted by Gasteiger charge is -2.10. The van der Waals surface area contributed by atoms with Crippen LogP contribution >= 0.6 is 11.6 Å². The van der Waals surface area contributed by atoms with Crippen LogP contribution in [0.4, 0.5) is 13.2 Å². The van der Waals surface area contributed by atoms with Crippen LogP contribution in [0.5, 0.6) is 0 Å². The number of rotatable bonds is 3. The van der Waals surface area contributed by atoms with Gasteiger partial charge in [0.25, 0.3) is 5.91 Å². The van der Waals surface area contributed by atoms with E-state index in [-0.39, 0.29) is 17.1 Å². The molecule has 0 aliphatic rings. The smallest absolute Gasteiger partial charge is 0.346 e. The SMILES string of the molecule is O=C(NCc1ccn[nH]1)c1cc(Cl)cc(C(F)(F)F)c1. The Hall–Kier alpha value is -2.02. The first-order valence-corrected chi connectivity index (χ1v) is 5.88. The van der Waals surface area contributed by atoms with Gasteiger partial charge in [0.05, 0.1) is 17.8 Å². The van der Waals surface area contributed by atoms with Gasteiger partial charge >= 0.3 is 6.18 Å². The van der Waals surface area contributed by atoms with E-state index >= 15 is 0 Å². The summed E-state index contributed by atoms with van der Waals surface area (Å²) in [6.45, 7) is 0.132. The molecule has 2 N–H and O–H groups in total. The predicted octanol–water partition coefficient (Wildman–Crippen LogP) is 3.01. The topological polar surface area (TPSA) is 57.8 Å². The highest BCUT2D eigenvalue weighted by Crippen LogP contribution is 2.31. The van der Waals surface area contributed by atoms with Gasteiger partial charge in [0.15, 0.2) is 0 Å². The summed E-state index contributed by atoms with van der Waals surface area (Å²) in [5.41, 5.74) is -0.475. The van der Waals surface area contributed by atoms with E-state index in [1.165, 1.54) is 12.3 Å². The third kappa shape index (κ3) is 3.51. The summed E-state index contributed by atoms with van der Waals surface area (Å²) in [6.07, 6.45) is -3.05. The van der Waals surface area contributed by atoms with E-state index < -0.39 is 17.6 Å². The summed E-state index contributed by atoms with van der Waals surface area (Å²) in [5, 5.41) is 8.63. The highest BCUT2D eigenvalue weighted by atomic mass is 35.5. The number of nitrogens with one attached hydrogen (secondary N) is 2. The molecule has 0 radical (unpaired) electrons. The number of halogens is 4. The Morgan fingerprint density at radius 3 is 2.70 bits per heavy atom. The van der Waals surface area contributed by atoms with Crippen molar-refractivity contribution >= 4 is 17.5 Å². The third-order valence-electron chi connectivity index (χ3n) is 2.49. The second kappa shape index (κ2) is 5.54. The van der Waals surface area contributed by atoms with Crippen LogP contribution < -0.4 is 5.32 Å². The molecule has 8 heteroatoms. The molecular weight excluding hydrogens is 295 g/mol. The van der Waals surface area contributed by atoms with Gasteiger partial charge in [-0.1, -0.05) is 11.6 Å². The number of H-pyrrole nitrogens is 1. The molecule has 2 aromatic rings. The van der Waals surface area contributed by atoms with E-state index in [0.717, 1.165) is 12.1 Å². The number of hydrogen-bond acceptors (Lipinski definition) is 2. The maximum atomic E-state index is 12.6. The first-order chi connectivity index (χ1) is 9.36. The van der Waals surface area contributed by atoms with Gasteiger partial charge in [-0.05, 0) is 24.3 Å². The van der Waals surface area contributed by atoms with Crippen molar-refractivity contribution in [2.24, 2.45) is 0 Å². The molecule has 1 aromatic heterocycles. The number of carbonyl (C=O) groups excluding carboxylic acids is 1. The fraction of sp³-hybridized carbons (Fsp3) is 0.167. The number of nitrogens with zero attached hydrogens (tertiary/aromatic N) is 1. The molecule has 0 atom stereocenters. The highest BCUT2D eigenvalue weighted by molar-refractivity contribution is 6.31. The van der Waals surface area contributed by atoms with E-state index in [9.17, 15) is 18.0 Å². The van der Waals surface area contributed by atoms with Gasteiger partial charge in [0.1, 0.15) is 0 Å². The van der Waals surface area contributed by atoms with E-state index in [1.54, 1.807) is 6.07 Å². The van der Waals surface area contributed by atoms with Crippen molar-refractivity contribution in [3.05, 3.63) is 52.3 Å². The Labute approximate surface area is 116 Å². The maximum Gasteiger partial charge on any atom is 0.416 e. The summed E-state index contributed by atoms with van der Waals surface area (Å²) in [6, 6.07) is 4.35. The van der Waals surface area contributed by atoms with Crippen LogP contribution in [0.3, 0.4) is 0 Å². The molecule has 0 spiro atoms. The first kappa shape index (κ1) is 14.4. The van der Waals surface area contributed by atoms with Crippen LogP contribution in [0, 0.1) is 0 Å². The minimum atomic E-state index is -4.55. The molecule has 1 aromatic carbocycles. The number of benzene rings is 1. The lowest BCUT2D eigenvalue weighted by Crippen LogP contribution is -2.23. The Bertz CT molecular complexity index is 611. The summed E-state index contributed by atoms with van der Waals surface area (Å²) in [5.74, 6) is -0.646. The van der Waals surface area contributed by atoms with Gasteiger partial charge in [-0.3, -0.25) is 9.89 Å². The average molecular weight is 304 g/mol. The van der Waals surface area contributed by atoms with Crippen LogP contribution in [0.2, 0.25) is 5.02 Å². The second-order valence-corrected chi connectivity index (χ2v) is 4.43. The summed E-state index contributed by atoms with van der Waals surface area (Å²) < 4.78 is 37.9. The fourth-order valence-corrected chi connectivity index (χ4v) is 1.78. The quantitative estimate of drug-likeness (QED) is 0.915. The molecule has 4 nitrogen and oxygen atoms in total. The average Bonchev–Trinajstić information content (AvgIpc) is 2.87. The van der Waals surface area contributed by atoms with Crippen LogP contribution in [-0.4, -0.2) is 16.1 Å². The van der Waals surface area contributed by atoms with Crippen molar-refractivity contribution < 1.29 is 18.0 Å². The normalized spacial score (nSPS) is 11.4. The van der Waals surface area contributed by atoms with Crippen molar-refractivity contribution in [1.82, 2.24) is 15.5 Å². The molecule has 0 saturated carbocycles. The molecule has 0 unspecified atom stereocenters. The lowest BCUT2D eigenvalue weighted by atomic mass is 10.1. The zero-order valence-electron chi connectivity index (χ0n) is 9.96. The number of amides is 1. The Balaban J connectivity index is 2.15. The minimum absolute atomic E-state index is 0.132. The van der Waals surface area contributed by atoms with Crippen LogP contribution in [0.15, 0.2) is 30.5 Å². The largest absolute Gasteiger partial charge is 0.416 e. The zero-order chi connectivity index (χ0) is 14.8. The van der Waals surface area contributed by atoms with Crippen molar-refractivity contribution in [2.75, 3.05) is 0 Å². The molecule has 0 saturated heterocycles. The minimum Gasteiger partial charge on any atom is -0.346 e. The summed E-state index contributed by atoms with van der Waals surface area (Å²) >= 11 is 5.60. The molecule has 2 rings (SSSR count). The molecular formula is C12H9ClF3N3O. The van der Waals surface area contributed by atoms with Crippen molar-refractivity contribution in [3.63, 3.8) is 0 Å². The van der Waals surface area contributed by atoms with Gasteiger partial charge in [0.2, 0.25) is 0 Å². The summed E-state index contributed by atoms with van der Waals surface area (Å²) in [4.78, 5) is 11.8. The number of alkyl halides is 3. The standard InChI is InChI=1S/C12H9ClF3N3O/c13-9-4-7(3-8(5-9)12(14,15)16)11(20)17-6-10-1-2-18-19-10/h1-5H,6H2,(H,17,20)(H,18,19). The molecule has 20 heavy (non-hydrogen) atoms. The lowest BCUT2D eigenvalue weighted by molar-refractivity contribution is -0.137. The van der Waals surface area contributed by atoms with Crippen molar-refractivity contribution in [3.8, 4) is 0 Å². The van der Waals surface area contributed by atoms with E-state index in [1.807, 2.05) is 0 Å². The van der Waals surface area contributed by atoms with Crippen LogP contribution in [0.1, 0.15) is 21.6 Å². The number of hydrogen-bond donors (Lipinski definition) is 2. The molecule has 106 valence electrons. The van der Waals surface area contributed by atoms with Gasteiger partial charge in [-0.25, -0.2) is 0 Å². The fourth-order valence-electron chi connectivity index (χ4n) is 1.55. The van der Waals surface area contributed by atoms with Crippen molar-refractivity contribution in [1.29, 1.82) is 0 Å². The molecule has 0 fully saturated rings. The Morgan fingerprint density at radius 2 is 2.10 bits per heavy atom. The number of aromatic amines is 1. The van der Waals surface area contributed by atoms with Crippen LogP contribution in [0.25, 0.3) is 0 Å². The second-order valence-electron chi connectivity index (χ2n) is 3.99. The van der Waals surface area contributed by atoms with E-state index in [4.69, 9.17) is 11.6 Å². The molecule has 0 bridgehead atoms. The van der Waals surface area contributed by atoms with Gasteiger partial charge in [0, 0.05) is 16.8 Å². The van der Waals surface area contributed by atoms with Gasteiger partial charge in [-0.2, -0.15) is 18.3 Å². The van der Waals surface area contributed by atoms with Gasteiger partial charge in [-0.15, -0.1) is 0 Å². The predicted molar refractivity (Wildman–Crippen MR) is 66.2 cm³/mol. The monoisotopic (exact) mass is 303 g/mol. The zero-order valence-corrected chi connectivity index (χ0v) is 10.7. The third-order valence-corrected chi connectivity index (χ3v) is 2.70. The first-order valence-electron chi connectivity index (χ1n) is 5.50. The van der Waals surface area contributed by atoms with Gasteiger partial charge < -0.3 is 5.32 Å². The molecule has 0 aliphatic heterocycles.